The molecule has 5 nitrogen and oxygen atoms in total. The molecule has 1 fully saturated rings. The predicted molar refractivity (Wildman–Crippen MR) is 84.1 cm³/mol. The van der Waals surface area contributed by atoms with Crippen LogP contribution in [0.4, 0.5) is 5.69 Å². The zero-order chi connectivity index (χ0) is 15.1. The Hall–Kier alpha value is -1.43. The van der Waals surface area contributed by atoms with Crippen LogP contribution in [0.15, 0.2) is 24.3 Å². The number of hydrogen-bond donors (Lipinski definition) is 2. The second-order valence-electron chi connectivity index (χ2n) is 5.40. The van der Waals surface area contributed by atoms with E-state index in [0.717, 1.165) is 43.9 Å². The molecule has 1 aliphatic rings. The Morgan fingerprint density at radius 3 is 2.86 bits per heavy atom. The van der Waals surface area contributed by atoms with Crippen molar-refractivity contribution in [1.29, 1.82) is 0 Å². The summed E-state index contributed by atoms with van der Waals surface area (Å²) < 4.78 is 5.63. The van der Waals surface area contributed by atoms with Crippen molar-refractivity contribution in [2.45, 2.75) is 32.4 Å². The minimum Gasteiger partial charge on any atom is -0.376 e. The summed E-state index contributed by atoms with van der Waals surface area (Å²) in [5, 5.41) is 2.92. The van der Waals surface area contributed by atoms with E-state index in [2.05, 4.69) is 17.1 Å². The summed E-state index contributed by atoms with van der Waals surface area (Å²) in [4.78, 5) is 14.3. The van der Waals surface area contributed by atoms with Crippen molar-refractivity contribution in [3.05, 3.63) is 29.8 Å². The van der Waals surface area contributed by atoms with Gasteiger partial charge in [0.1, 0.15) is 0 Å². The minimum absolute atomic E-state index is 0.0510. The fraction of sp³-hybridized carbons (Fsp3) is 0.562. The molecular weight excluding hydrogens is 266 g/mol. The summed E-state index contributed by atoms with van der Waals surface area (Å²) in [7, 11) is 0. The fourth-order valence-corrected chi connectivity index (χ4v) is 2.44. The normalized spacial score (nSPS) is 19.4. The number of ether oxygens (including phenoxy) is 1. The molecule has 0 bridgehead atoms. The Morgan fingerprint density at radius 2 is 2.19 bits per heavy atom. The third-order valence-corrected chi connectivity index (χ3v) is 3.81. The van der Waals surface area contributed by atoms with E-state index in [0.29, 0.717) is 19.1 Å². The largest absolute Gasteiger partial charge is 0.376 e. The first-order valence-corrected chi connectivity index (χ1v) is 7.64. The second kappa shape index (κ2) is 8.12. The summed E-state index contributed by atoms with van der Waals surface area (Å²) >= 11 is 0. The highest BCUT2D eigenvalue weighted by Crippen LogP contribution is 2.11. The van der Waals surface area contributed by atoms with E-state index in [1.165, 1.54) is 0 Å². The van der Waals surface area contributed by atoms with Crippen molar-refractivity contribution in [1.82, 2.24) is 4.90 Å². The molecule has 0 aliphatic carbocycles. The van der Waals surface area contributed by atoms with Crippen LogP contribution in [0.5, 0.6) is 0 Å². The molecule has 1 amide bonds. The van der Waals surface area contributed by atoms with Gasteiger partial charge in [-0.25, -0.2) is 0 Å². The SMILES string of the molecule is CCC1CN(CCC(=O)Nc2ccc(CN)cc2)CCO1. The first-order chi connectivity index (χ1) is 10.2. The Kier molecular flexibility index (Phi) is 6.17. The number of benzene rings is 1. The topological polar surface area (TPSA) is 67.6 Å². The van der Waals surface area contributed by atoms with E-state index >= 15 is 0 Å². The number of nitrogens with two attached hydrogens (primary N) is 1. The Morgan fingerprint density at radius 1 is 1.43 bits per heavy atom. The van der Waals surface area contributed by atoms with Crippen LogP contribution in [-0.2, 0) is 16.1 Å². The van der Waals surface area contributed by atoms with Crippen LogP contribution >= 0.6 is 0 Å². The molecule has 0 radical (unpaired) electrons. The van der Waals surface area contributed by atoms with Crippen molar-refractivity contribution >= 4 is 11.6 Å². The van der Waals surface area contributed by atoms with E-state index in [1.54, 1.807) is 0 Å². The van der Waals surface area contributed by atoms with Crippen LogP contribution in [-0.4, -0.2) is 43.2 Å². The zero-order valence-electron chi connectivity index (χ0n) is 12.7. The number of rotatable bonds is 6. The number of nitrogens with one attached hydrogen (secondary N) is 1. The Labute approximate surface area is 126 Å². The molecule has 5 heteroatoms. The molecule has 1 atom stereocenters. The average molecular weight is 291 g/mol. The lowest BCUT2D eigenvalue weighted by molar-refractivity contribution is -0.117. The predicted octanol–water partition coefficient (Wildman–Crippen LogP) is 1.58. The number of anilines is 1. The Balaban J connectivity index is 1.73. The standard InChI is InChI=1S/C16H25N3O2/c1-2-15-12-19(9-10-21-15)8-7-16(20)18-14-5-3-13(11-17)4-6-14/h3-6,15H,2,7-12,17H2,1H3,(H,18,20). The van der Waals surface area contributed by atoms with Gasteiger partial charge in [-0.15, -0.1) is 0 Å². The van der Waals surface area contributed by atoms with Gasteiger partial charge in [0.25, 0.3) is 0 Å². The van der Waals surface area contributed by atoms with Gasteiger partial charge in [-0.3, -0.25) is 9.69 Å². The zero-order valence-corrected chi connectivity index (χ0v) is 12.7. The van der Waals surface area contributed by atoms with Gasteiger partial charge in [-0.05, 0) is 24.1 Å². The lowest BCUT2D eigenvalue weighted by Crippen LogP contribution is -2.43. The van der Waals surface area contributed by atoms with Crippen molar-refractivity contribution in [2.24, 2.45) is 5.73 Å². The van der Waals surface area contributed by atoms with Gasteiger partial charge in [0, 0.05) is 38.3 Å². The molecule has 1 aromatic carbocycles. The highest BCUT2D eigenvalue weighted by molar-refractivity contribution is 5.90. The molecule has 2 rings (SSSR count). The maximum Gasteiger partial charge on any atom is 0.225 e. The van der Waals surface area contributed by atoms with Crippen molar-refractivity contribution in [2.75, 3.05) is 31.6 Å². The van der Waals surface area contributed by atoms with Gasteiger partial charge < -0.3 is 15.8 Å². The van der Waals surface area contributed by atoms with E-state index < -0.39 is 0 Å². The summed E-state index contributed by atoms with van der Waals surface area (Å²) in [6, 6.07) is 7.65. The van der Waals surface area contributed by atoms with E-state index in [9.17, 15) is 4.79 Å². The smallest absolute Gasteiger partial charge is 0.225 e. The molecule has 0 aromatic heterocycles. The van der Waals surface area contributed by atoms with Crippen molar-refractivity contribution in [3.63, 3.8) is 0 Å². The number of morpholine rings is 1. The van der Waals surface area contributed by atoms with Crippen LogP contribution in [0, 0.1) is 0 Å². The van der Waals surface area contributed by atoms with E-state index in [1.807, 2.05) is 24.3 Å². The van der Waals surface area contributed by atoms with Crippen LogP contribution in [0.3, 0.4) is 0 Å². The highest BCUT2D eigenvalue weighted by atomic mass is 16.5. The molecular formula is C16H25N3O2. The van der Waals surface area contributed by atoms with Crippen LogP contribution < -0.4 is 11.1 Å². The lowest BCUT2D eigenvalue weighted by atomic mass is 10.2. The first kappa shape index (κ1) is 15.9. The molecule has 21 heavy (non-hydrogen) atoms. The number of nitrogens with zero attached hydrogens (tertiary/aromatic N) is 1. The van der Waals surface area contributed by atoms with Crippen LogP contribution in [0.2, 0.25) is 0 Å². The summed E-state index contributed by atoms with van der Waals surface area (Å²) in [5.74, 6) is 0.0510. The average Bonchev–Trinajstić information content (AvgIpc) is 2.54. The third-order valence-electron chi connectivity index (χ3n) is 3.81. The molecule has 1 aromatic rings. The summed E-state index contributed by atoms with van der Waals surface area (Å²) in [5.41, 5.74) is 7.44. The molecule has 1 heterocycles. The van der Waals surface area contributed by atoms with Crippen molar-refractivity contribution in [3.8, 4) is 0 Å². The molecule has 0 spiro atoms. The Bertz CT molecular complexity index is 447. The summed E-state index contributed by atoms with van der Waals surface area (Å²) in [6.45, 7) is 6.03. The monoisotopic (exact) mass is 291 g/mol. The lowest BCUT2D eigenvalue weighted by Gasteiger charge is -2.32. The quantitative estimate of drug-likeness (QED) is 0.835. The van der Waals surface area contributed by atoms with Gasteiger partial charge in [-0.2, -0.15) is 0 Å². The summed E-state index contributed by atoms with van der Waals surface area (Å²) in [6.07, 6.45) is 1.84. The number of carbonyl (C=O) groups is 1. The minimum atomic E-state index is 0.0510. The van der Waals surface area contributed by atoms with E-state index in [4.69, 9.17) is 10.5 Å². The van der Waals surface area contributed by atoms with Crippen molar-refractivity contribution < 1.29 is 9.53 Å². The van der Waals surface area contributed by atoms with Gasteiger partial charge in [-0.1, -0.05) is 19.1 Å². The maximum atomic E-state index is 12.0. The maximum absolute atomic E-state index is 12.0. The molecule has 0 saturated carbocycles. The second-order valence-corrected chi connectivity index (χ2v) is 5.40. The molecule has 116 valence electrons. The van der Waals surface area contributed by atoms with E-state index in [-0.39, 0.29) is 5.91 Å². The van der Waals surface area contributed by atoms with Gasteiger partial charge in [0.05, 0.1) is 12.7 Å². The third kappa shape index (κ3) is 5.12. The highest BCUT2D eigenvalue weighted by Gasteiger charge is 2.19. The number of amides is 1. The molecule has 1 unspecified atom stereocenters. The van der Waals surface area contributed by atoms with Crippen LogP contribution in [0.1, 0.15) is 25.3 Å². The number of hydrogen-bond acceptors (Lipinski definition) is 4. The van der Waals surface area contributed by atoms with Gasteiger partial charge in [0.2, 0.25) is 5.91 Å². The van der Waals surface area contributed by atoms with Gasteiger partial charge >= 0.3 is 0 Å². The van der Waals surface area contributed by atoms with Crippen LogP contribution in [0.25, 0.3) is 0 Å². The number of carbonyl (C=O) groups excluding carboxylic acids is 1. The molecule has 1 aliphatic heterocycles. The van der Waals surface area contributed by atoms with Gasteiger partial charge in [0.15, 0.2) is 0 Å². The fourth-order valence-electron chi connectivity index (χ4n) is 2.44. The molecule has 3 N–H and O–H groups in total. The first-order valence-electron chi connectivity index (χ1n) is 7.64. The molecule has 1 saturated heterocycles.